The first-order valence-corrected chi connectivity index (χ1v) is 15.0. The Hall–Kier alpha value is -3.77. The summed E-state index contributed by atoms with van der Waals surface area (Å²) in [6, 6.07) is 47.9. The number of rotatable bonds is 3. The fourth-order valence-electron chi connectivity index (χ4n) is 5.71. The van der Waals surface area contributed by atoms with E-state index in [-0.39, 0.29) is 0 Å². The zero-order chi connectivity index (χ0) is 24.1. The highest BCUT2D eigenvalue weighted by Crippen LogP contribution is 2.49. The van der Waals surface area contributed by atoms with E-state index < -0.39 is 6.04 Å². The van der Waals surface area contributed by atoms with Crippen molar-refractivity contribution in [2.24, 2.45) is 0 Å². The third-order valence-electron chi connectivity index (χ3n) is 7.28. The van der Waals surface area contributed by atoms with Gasteiger partial charge in [0.15, 0.2) is 0 Å². The molecule has 0 aromatic heterocycles. The molecule has 0 atom stereocenters. The molecule has 0 saturated carbocycles. The molecule has 0 amide bonds. The molecule has 0 aliphatic carbocycles. The Labute approximate surface area is 215 Å². The van der Waals surface area contributed by atoms with Gasteiger partial charge in [0, 0.05) is 11.3 Å². The highest BCUT2D eigenvalue weighted by Gasteiger charge is 2.30. The van der Waals surface area contributed by atoms with Gasteiger partial charge >= 0.3 is 0 Å². The molecule has 36 heavy (non-hydrogen) atoms. The number of hydrogen-bond donors (Lipinski definition) is 0. The van der Waals surface area contributed by atoms with Gasteiger partial charge in [-0.05, 0) is 59.8 Å². The average molecular weight is 495 g/mol. The number of fused-ring (bicyclic) bond motifs is 7. The lowest BCUT2D eigenvalue weighted by molar-refractivity contribution is 1.75. The molecule has 170 valence electrons. The maximum Gasteiger partial charge on any atom is 0.0391 e. The molecule has 0 N–H and O–H groups in total. The second kappa shape index (κ2) is 8.42. The Bertz CT molecular complexity index is 1910. The molecule has 0 nitrogen and oxygen atoms in total. The summed E-state index contributed by atoms with van der Waals surface area (Å²) in [5, 5.41) is 13.9. The van der Waals surface area contributed by atoms with Crippen molar-refractivity contribution in [2.75, 3.05) is 0 Å². The standard InChI is InChI=1S/C34H23PS/c36-35(25-14-3-1-4-15-25,26-16-5-2-6-17-26)34-27-18-8-7-13-24(27)23-32-30-21-10-9-19-28(30)29-20-11-12-22-31(29)33(32)34/h1-23H. The van der Waals surface area contributed by atoms with Crippen LogP contribution in [-0.4, -0.2) is 0 Å². The first-order chi connectivity index (χ1) is 17.8. The first kappa shape index (κ1) is 21.5. The van der Waals surface area contributed by atoms with Crippen LogP contribution in [0.25, 0.3) is 43.1 Å². The fourth-order valence-corrected chi connectivity index (χ4v) is 10.1. The van der Waals surface area contributed by atoms with Gasteiger partial charge in [-0.2, -0.15) is 0 Å². The first-order valence-electron chi connectivity index (χ1n) is 12.2. The van der Waals surface area contributed by atoms with E-state index in [1.165, 1.54) is 59.0 Å². The maximum atomic E-state index is 6.95. The molecule has 7 aromatic rings. The van der Waals surface area contributed by atoms with Crippen LogP contribution in [0.15, 0.2) is 140 Å². The quantitative estimate of drug-likeness (QED) is 0.136. The minimum absolute atomic E-state index is 1.22. The molecule has 0 saturated heterocycles. The van der Waals surface area contributed by atoms with E-state index in [1.54, 1.807) is 0 Å². The Balaban J connectivity index is 1.82. The zero-order valence-electron chi connectivity index (χ0n) is 19.6. The minimum Gasteiger partial charge on any atom is -0.0826 e. The summed E-state index contributed by atoms with van der Waals surface area (Å²) in [6.45, 7) is 0. The molecule has 7 aromatic carbocycles. The lowest BCUT2D eigenvalue weighted by Gasteiger charge is -2.28. The summed E-state index contributed by atoms with van der Waals surface area (Å²) in [5.74, 6) is 0. The van der Waals surface area contributed by atoms with E-state index in [1.807, 2.05) is 0 Å². The van der Waals surface area contributed by atoms with Crippen molar-refractivity contribution in [2.45, 2.75) is 0 Å². The summed E-state index contributed by atoms with van der Waals surface area (Å²) >= 11 is 6.95. The van der Waals surface area contributed by atoms with Crippen molar-refractivity contribution in [3.8, 4) is 0 Å². The topological polar surface area (TPSA) is 0 Å². The predicted octanol–water partition coefficient (Wildman–Crippen LogP) is 8.06. The van der Waals surface area contributed by atoms with Gasteiger partial charge in [-0.3, -0.25) is 0 Å². The van der Waals surface area contributed by atoms with Crippen molar-refractivity contribution >= 4 is 76.8 Å². The van der Waals surface area contributed by atoms with Crippen LogP contribution in [0.1, 0.15) is 0 Å². The highest BCUT2D eigenvalue weighted by molar-refractivity contribution is 8.25. The normalized spacial score (nSPS) is 12.0. The van der Waals surface area contributed by atoms with E-state index in [9.17, 15) is 0 Å². The monoisotopic (exact) mass is 494 g/mol. The highest BCUT2D eigenvalue weighted by atomic mass is 32.4. The number of hydrogen-bond acceptors (Lipinski definition) is 1. The summed E-state index contributed by atoms with van der Waals surface area (Å²) in [4.78, 5) is 0. The SMILES string of the molecule is S=P(c1ccccc1)(c1ccccc1)c1c2ccccc2cc2c3ccccc3c3ccccc3c12. The molecule has 0 spiro atoms. The molecular formula is C34H23PS. The molecule has 0 aliphatic rings. The van der Waals surface area contributed by atoms with Crippen LogP contribution >= 0.6 is 6.04 Å². The summed E-state index contributed by atoms with van der Waals surface area (Å²) < 4.78 is 0. The molecular weight excluding hydrogens is 471 g/mol. The molecule has 0 heterocycles. The lowest BCUT2D eigenvalue weighted by Crippen LogP contribution is -2.26. The molecule has 7 rings (SSSR count). The van der Waals surface area contributed by atoms with E-state index in [0.717, 1.165) is 0 Å². The molecule has 0 fully saturated rings. The van der Waals surface area contributed by atoms with Gasteiger partial charge in [0.05, 0.1) is 0 Å². The van der Waals surface area contributed by atoms with Gasteiger partial charge in [-0.25, -0.2) is 0 Å². The molecule has 0 radical (unpaired) electrons. The van der Waals surface area contributed by atoms with Crippen LogP contribution in [0.3, 0.4) is 0 Å². The van der Waals surface area contributed by atoms with Crippen LogP contribution in [-0.2, 0) is 11.8 Å². The van der Waals surface area contributed by atoms with Gasteiger partial charge in [0.2, 0.25) is 0 Å². The van der Waals surface area contributed by atoms with Gasteiger partial charge in [0.25, 0.3) is 0 Å². The van der Waals surface area contributed by atoms with Crippen molar-refractivity contribution in [1.29, 1.82) is 0 Å². The molecule has 0 unspecified atom stereocenters. The largest absolute Gasteiger partial charge is 0.0826 e. The van der Waals surface area contributed by atoms with Gasteiger partial charge in [0.1, 0.15) is 0 Å². The van der Waals surface area contributed by atoms with Gasteiger partial charge in [-0.15, -0.1) is 0 Å². The van der Waals surface area contributed by atoms with Crippen LogP contribution in [0.2, 0.25) is 0 Å². The summed E-state index contributed by atoms with van der Waals surface area (Å²) in [6.07, 6.45) is 0. The zero-order valence-corrected chi connectivity index (χ0v) is 21.3. The molecule has 0 aliphatic heterocycles. The molecule has 2 heteroatoms. The lowest BCUT2D eigenvalue weighted by atomic mass is 9.92. The summed E-state index contributed by atoms with van der Waals surface area (Å²) in [5.41, 5.74) is 0. The maximum absolute atomic E-state index is 6.95. The van der Waals surface area contributed by atoms with Crippen LogP contribution < -0.4 is 15.9 Å². The Morgan fingerprint density at radius 1 is 0.389 bits per heavy atom. The van der Waals surface area contributed by atoms with Gasteiger partial charge < -0.3 is 0 Å². The van der Waals surface area contributed by atoms with E-state index in [2.05, 4.69) is 140 Å². The third-order valence-corrected chi connectivity index (χ3v) is 12.2. The number of benzene rings is 7. The molecule has 0 bridgehead atoms. The fraction of sp³-hybridized carbons (Fsp3) is 0. The van der Waals surface area contributed by atoms with Crippen LogP contribution in [0, 0.1) is 0 Å². The Morgan fingerprint density at radius 3 is 1.39 bits per heavy atom. The second-order valence-corrected chi connectivity index (χ2v) is 13.6. The van der Waals surface area contributed by atoms with Gasteiger partial charge in [-0.1, -0.05) is 145 Å². The Morgan fingerprint density at radius 2 is 0.806 bits per heavy atom. The predicted molar refractivity (Wildman–Crippen MR) is 163 cm³/mol. The van der Waals surface area contributed by atoms with Crippen molar-refractivity contribution < 1.29 is 0 Å². The van der Waals surface area contributed by atoms with Crippen LogP contribution in [0.5, 0.6) is 0 Å². The second-order valence-electron chi connectivity index (χ2n) is 9.24. The third kappa shape index (κ3) is 3.10. The van der Waals surface area contributed by atoms with E-state index in [0.29, 0.717) is 0 Å². The van der Waals surface area contributed by atoms with Crippen molar-refractivity contribution in [1.82, 2.24) is 0 Å². The Kier molecular flexibility index (Phi) is 5.03. The van der Waals surface area contributed by atoms with Crippen molar-refractivity contribution in [3.05, 3.63) is 140 Å². The average Bonchev–Trinajstić information content (AvgIpc) is 2.97. The smallest absolute Gasteiger partial charge is 0.0391 e. The minimum atomic E-state index is -2.42. The van der Waals surface area contributed by atoms with E-state index >= 15 is 0 Å². The van der Waals surface area contributed by atoms with E-state index in [4.69, 9.17) is 11.8 Å². The van der Waals surface area contributed by atoms with Crippen molar-refractivity contribution in [3.63, 3.8) is 0 Å². The summed E-state index contributed by atoms with van der Waals surface area (Å²) in [7, 11) is 0. The van der Waals surface area contributed by atoms with Crippen LogP contribution in [0.4, 0.5) is 0 Å².